The van der Waals surface area contributed by atoms with Crippen molar-refractivity contribution in [2.24, 2.45) is 5.92 Å². The van der Waals surface area contributed by atoms with Crippen molar-refractivity contribution in [1.29, 1.82) is 0 Å². The van der Waals surface area contributed by atoms with Gasteiger partial charge in [-0.3, -0.25) is 14.5 Å². The second kappa shape index (κ2) is 9.33. The van der Waals surface area contributed by atoms with Gasteiger partial charge in [-0.2, -0.15) is 0 Å². The monoisotopic (exact) mass is 478 g/mol. The summed E-state index contributed by atoms with van der Waals surface area (Å²) in [5.41, 5.74) is 1.53. The smallest absolute Gasteiger partial charge is 0.325 e. The third-order valence-electron chi connectivity index (χ3n) is 7.09. The molecule has 3 aliphatic rings. The van der Waals surface area contributed by atoms with Gasteiger partial charge in [-0.1, -0.05) is 43.0 Å². The van der Waals surface area contributed by atoms with Crippen LogP contribution in [0.4, 0.5) is 16.2 Å². The second-order valence-corrected chi connectivity index (χ2v) is 10.6. The molecular formula is C26H30N4O3S. The van der Waals surface area contributed by atoms with Crippen molar-refractivity contribution in [2.75, 3.05) is 24.5 Å². The molecular weight excluding hydrogens is 448 g/mol. The first-order valence-electron chi connectivity index (χ1n) is 12.0. The van der Waals surface area contributed by atoms with Gasteiger partial charge in [-0.05, 0) is 62.3 Å². The molecule has 0 aromatic heterocycles. The minimum atomic E-state index is -0.809. The predicted molar refractivity (Wildman–Crippen MR) is 132 cm³/mol. The number of fused-ring (bicyclic) bond motifs is 2. The van der Waals surface area contributed by atoms with Gasteiger partial charge in [-0.15, -0.1) is 0 Å². The van der Waals surface area contributed by atoms with Crippen molar-refractivity contribution in [3.05, 3.63) is 48.5 Å². The lowest BCUT2D eigenvalue weighted by Gasteiger charge is -2.33. The number of nitrogens with one attached hydrogen (secondary N) is 2. The number of carbonyl (C=O) groups is 3. The molecule has 2 aliphatic heterocycles. The summed E-state index contributed by atoms with van der Waals surface area (Å²) in [6, 6.07) is 16.2. The fourth-order valence-electron chi connectivity index (χ4n) is 5.10. The average molecular weight is 479 g/mol. The summed E-state index contributed by atoms with van der Waals surface area (Å²) in [4.78, 5) is 43.8. The standard InChI is InChI=1S/C26H30N4O3S/c1-18-11-13-26(14-12-18)24(32)30(25(33)28-26)17-23(31)27-15-6-16-29-19-7-2-4-9-21(19)34-22-10-5-3-8-20(22)29/h2-5,7-10,18H,6,11-17H2,1H3,(H,27,31)(H,28,33). The van der Waals surface area contributed by atoms with Crippen LogP contribution in [-0.2, 0) is 9.59 Å². The summed E-state index contributed by atoms with van der Waals surface area (Å²) < 4.78 is 0. The van der Waals surface area contributed by atoms with Gasteiger partial charge in [0.15, 0.2) is 0 Å². The Morgan fingerprint density at radius 3 is 2.29 bits per heavy atom. The lowest BCUT2D eigenvalue weighted by atomic mass is 9.77. The molecule has 2 aromatic carbocycles. The van der Waals surface area contributed by atoms with Crippen LogP contribution in [-0.4, -0.2) is 47.9 Å². The Bertz CT molecular complexity index is 1070. The average Bonchev–Trinajstić information content (AvgIpc) is 3.07. The number of hydrogen-bond donors (Lipinski definition) is 2. The van der Waals surface area contributed by atoms with Gasteiger partial charge >= 0.3 is 6.03 Å². The number of amides is 4. The van der Waals surface area contributed by atoms with E-state index in [0.717, 1.165) is 30.7 Å². The number of urea groups is 1. The zero-order valence-electron chi connectivity index (χ0n) is 19.4. The van der Waals surface area contributed by atoms with Crippen LogP contribution in [0.5, 0.6) is 0 Å². The van der Waals surface area contributed by atoms with Crippen molar-refractivity contribution in [2.45, 2.75) is 54.4 Å². The molecule has 4 amide bonds. The molecule has 8 heteroatoms. The SMILES string of the molecule is CC1CCC2(CC1)NC(=O)N(CC(=O)NCCCN1c3ccccc3Sc3ccccc31)C2=O. The first-order chi connectivity index (χ1) is 16.5. The Morgan fingerprint density at radius 1 is 1.03 bits per heavy atom. The van der Waals surface area contributed by atoms with E-state index in [4.69, 9.17) is 0 Å². The number of hydrogen-bond acceptors (Lipinski definition) is 5. The fourth-order valence-corrected chi connectivity index (χ4v) is 6.20. The third-order valence-corrected chi connectivity index (χ3v) is 8.22. The van der Waals surface area contributed by atoms with Gasteiger partial charge in [-0.25, -0.2) is 4.79 Å². The van der Waals surface area contributed by atoms with Gasteiger partial charge in [0.25, 0.3) is 5.91 Å². The molecule has 2 heterocycles. The molecule has 0 bridgehead atoms. The summed E-state index contributed by atoms with van der Waals surface area (Å²) in [5.74, 6) is 0.00316. The van der Waals surface area contributed by atoms with E-state index in [1.807, 2.05) is 24.3 Å². The largest absolute Gasteiger partial charge is 0.354 e. The van der Waals surface area contributed by atoms with Crippen LogP contribution >= 0.6 is 11.8 Å². The first-order valence-corrected chi connectivity index (χ1v) is 12.8. The van der Waals surface area contributed by atoms with Crippen molar-refractivity contribution in [1.82, 2.24) is 15.5 Å². The Labute approximate surface area is 204 Å². The molecule has 2 N–H and O–H groups in total. The van der Waals surface area contributed by atoms with Crippen LogP contribution in [0.3, 0.4) is 0 Å². The van der Waals surface area contributed by atoms with E-state index in [1.54, 1.807) is 11.8 Å². The highest BCUT2D eigenvalue weighted by molar-refractivity contribution is 7.99. The van der Waals surface area contributed by atoms with E-state index in [0.29, 0.717) is 25.3 Å². The number of benzene rings is 2. The zero-order chi connectivity index (χ0) is 23.7. The predicted octanol–water partition coefficient (Wildman–Crippen LogP) is 4.30. The highest BCUT2D eigenvalue weighted by Gasteiger charge is 2.52. The molecule has 0 unspecified atom stereocenters. The molecule has 34 heavy (non-hydrogen) atoms. The fraction of sp³-hybridized carbons (Fsp3) is 0.423. The van der Waals surface area contributed by atoms with Gasteiger partial charge < -0.3 is 15.5 Å². The van der Waals surface area contributed by atoms with Crippen LogP contribution in [0.15, 0.2) is 58.3 Å². The number of anilines is 2. The summed E-state index contributed by atoms with van der Waals surface area (Å²) in [5, 5.41) is 5.76. The highest BCUT2D eigenvalue weighted by Crippen LogP contribution is 2.47. The van der Waals surface area contributed by atoms with Gasteiger partial charge in [0.05, 0.1) is 11.4 Å². The maximum Gasteiger partial charge on any atom is 0.325 e. The molecule has 1 spiro atoms. The molecule has 1 aliphatic carbocycles. The number of nitrogens with zero attached hydrogens (tertiary/aromatic N) is 2. The Balaban J connectivity index is 1.15. The minimum Gasteiger partial charge on any atom is -0.354 e. The second-order valence-electron chi connectivity index (χ2n) is 9.48. The van der Waals surface area contributed by atoms with Crippen LogP contribution in [0, 0.1) is 5.92 Å². The van der Waals surface area contributed by atoms with Gasteiger partial charge in [0.1, 0.15) is 12.1 Å². The van der Waals surface area contributed by atoms with Crippen LogP contribution in [0.1, 0.15) is 39.0 Å². The van der Waals surface area contributed by atoms with E-state index >= 15 is 0 Å². The van der Waals surface area contributed by atoms with Gasteiger partial charge in [0.2, 0.25) is 5.91 Å². The molecule has 2 fully saturated rings. The van der Waals surface area contributed by atoms with E-state index in [9.17, 15) is 14.4 Å². The lowest BCUT2D eigenvalue weighted by molar-refractivity contribution is -0.136. The van der Waals surface area contributed by atoms with Crippen molar-refractivity contribution in [3.63, 3.8) is 0 Å². The first kappa shape index (κ1) is 22.8. The number of imide groups is 1. The summed E-state index contributed by atoms with van der Waals surface area (Å²) in [6.45, 7) is 3.16. The quantitative estimate of drug-likeness (QED) is 0.478. The van der Waals surface area contributed by atoms with E-state index in [1.165, 1.54) is 21.2 Å². The van der Waals surface area contributed by atoms with Crippen molar-refractivity contribution < 1.29 is 14.4 Å². The zero-order valence-corrected chi connectivity index (χ0v) is 20.2. The Kier molecular flexibility index (Phi) is 6.25. The molecule has 2 aromatic rings. The van der Waals surface area contributed by atoms with E-state index in [2.05, 4.69) is 46.7 Å². The molecule has 178 valence electrons. The Morgan fingerprint density at radius 2 is 1.65 bits per heavy atom. The molecule has 1 saturated carbocycles. The maximum atomic E-state index is 13.0. The Hall–Kier alpha value is -3.00. The van der Waals surface area contributed by atoms with Crippen LogP contribution in [0.2, 0.25) is 0 Å². The summed E-state index contributed by atoms with van der Waals surface area (Å²) in [7, 11) is 0. The molecule has 5 rings (SSSR count). The summed E-state index contributed by atoms with van der Waals surface area (Å²) >= 11 is 1.77. The maximum absolute atomic E-state index is 13.0. The molecule has 7 nitrogen and oxygen atoms in total. The van der Waals surface area contributed by atoms with Gasteiger partial charge in [0, 0.05) is 22.9 Å². The number of para-hydroxylation sites is 2. The van der Waals surface area contributed by atoms with E-state index < -0.39 is 11.6 Å². The highest BCUT2D eigenvalue weighted by atomic mass is 32.2. The van der Waals surface area contributed by atoms with Crippen LogP contribution in [0.25, 0.3) is 0 Å². The molecule has 0 radical (unpaired) electrons. The van der Waals surface area contributed by atoms with Crippen molar-refractivity contribution in [3.8, 4) is 0 Å². The molecule has 1 saturated heterocycles. The number of rotatable bonds is 6. The number of carbonyl (C=O) groups excluding carboxylic acids is 3. The van der Waals surface area contributed by atoms with E-state index in [-0.39, 0.29) is 18.4 Å². The molecule has 0 atom stereocenters. The minimum absolute atomic E-state index is 0.228. The third kappa shape index (κ3) is 4.27. The lowest BCUT2D eigenvalue weighted by Crippen LogP contribution is -2.50. The normalized spacial score (nSPS) is 23.5. The van der Waals surface area contributed by atoms with Crippen LogP contribution < -0.4 is 15.5 Å². The van der Waals surface area contributed by atoms with Crippen molar-refractivity contribution >= 4 is 41.0 Å². The summed E-state index contributed by atoms with van der Waals surface area (Å²) in [6.07, 6.45) is 3.85. The topological polar surface area (TPSA) is 81.8 Å².